The molecule has 1 aliphatic rings. The molecule has 9 heteroatoms. The van der Waals surface area contributed by atoms with E-state index in [1.807, 2.05) is 55.1 Å². The average Bonchev–Trinajstić information content (AvgIpc) is 2.83. The predicted molar refractivity (Wildman–Crippen MR) is 127 cm³/mol. The summed E-state index contributed by atoms with van der Waals surface area (Å²) in [5.74, 6) is 2.97. The molecule has 1 aromatic carbocycles. The Morgan fingerprint density at radius 1 is 0.818 bits per heavy atom. The summed E-state index contributed by atoms with van der Waals surface area (Å²) in [7, 11) is 0. The Balaban J connectivity index is 1.27. The van der Waals surface area contributed by atoms with Gasteiger partial charge in [-0.2, -0.15) is 0 Å². The highest BCUT2D eigenvalue weighted by atomic mass is 16.2. The van der Waals surface area contributed by atoms with Gasteiger partial charge in [0.2, 0.25) is 0 Å². The number of pyridine rings is 1. The van der Waals surface area contributed by atoms with Gasteiger partial charge >= 0.3 is 0 Å². The van der Waals surface area contributed by atoms with Gasteiger partial charge in [-0.25, -0.2) is 15.0 Å². The minimum Gasteiger partial charge on any atom is -0.353 e. The van der Waals surface area contributed by atoms with E-state index >= 15 is 0 Å². The van der Waals surface area contributed by atoms with Crippen molar-refractivity contribution in [3.8, 4) is 0 Å². The van der Waals surface area contributed by atoms with E-state index in [1.165, 1.54) is 0 Å². The largest absolute Gasteiger partial charge is 0.353 e. The van der Waals surface area contributed by atoms with Gasteiger partial charge in [0.25, 0.3) is 5.91 Å². The molecule has 1 saturated heterocycles. The fourth-order valence-corrected chi connectivity index (χ4v) is 3.93. The van der Waals surface area contributed by atoms with Gasteiger partial charge in [0.1, 0.15) is 23.3 Å². The van der Waals surface area contributed by atoms with Crippen LogP contribution in [-0.2, 0) is 0 Å². The first kappa shape index (κ1) is 20.7. The van der Waals surface area contributed by atoms with Crippen LogP contribution in [0, 0.1) is 13.8 Å². The van der Waals surface area contributed by atoms with Crippen molar-refractivity contribution in [2.75, 3.05) is 36.4 Å². The van der Waals surface area contributed by atoms with Crippen LogP contribution >= 0.6 is 0 Å². The normalized spacial score (nSPS) is 13.9. The van der Waals surface area contributed by atoms with Crippen molar-refractivity contribution in [2.45, 2.75) is 13.8 Å². The van der Waals surface area contributed by atoms with E-state index in [0.717, 1.165) is 28.2 Å². The van der Waals surface area contributed by atoms with Crippen molar-refractivity contribution in [3.63, 3.8) is 0 Å². The van der Waals surface area contributed by atoms with E-state index in [2.05, 4.69) is 35.1 Å². The zero-order valence-electron chi connectivity index (χ0n) is 18.6. The summed E-state index contributed by atoms with van der Waals surface area (Å²) in [6.07, 6.45) is 5.05. The molecule has 0 radical (unpaired) electrons. The van der Waals surface area contributed by atoms with Crippen LogP contribution in [0.4, 0.5) is 17.5 Å². The number of benzene rings is 1. The van der Waals surface area contributed by atoms with Gasteiger partial charge in [-0.3, -0.25) is 14.8 Å². The van der Waals surface area contributed by atoms with Gasteiger partial charge in [-0.15, -0.1) is 0 Å². The molecular formula is C24H24N8O. The van der Waals surface area contributed by atoms with Gasteiger partial charge in [-0.1, -0.05) is 0 Å². The first-order valence-electron chi connectivity index (χ1n) is 10.9. The third kappa shape index (κ3) is 4.57. The predicted octanol–water partition coefficient (Wildman–Crippen LogP) is 3.14. The molecule has 4 aromatic rings. The second kappa shape index (κ2) is 8.78. The van der Waals surface area contributed by atoms with Crippen molar-refractivity contribution in [3.05, 3.63) is 71.9 Å². The Bertz CT molecular complexity index is 1320. The Labute approximate surface area is 191 Å². The average molecular weight is 441 g/mol. The number of anilines is 3. The first-order chi connectivity index (χ1) is 16.0. The van der Waals surface area contributed by atoms with Crippen molar-refractivity contribution < 1.29 is 4.79 Å². The molecule has 166 valence electrons. The van der Waals surface area contributed by atoms with Crippen LogP contribution in [0.25, 0.3) is 11.0 Å². The SMILES string of the molecule is Cc1ccnc(Nc2cc(N3CCN(C(=O)c4ccc5nccnc5c4)CC3)nc(C)n2)c1. The van der Waals surface area contributed by atoms with Crippen LogP contribution in [0.2, 0.25) is 0 Å². The number of hydrogen-bond donors (Lipinski definition) is 1. The lowest BCUT2D eigenvalue weighted by Gasteiger charge is -2.35. The third-order valence-electron chi connectivity index (χ3n) is 5.60. The fraction of sp³-hybridized carbons (Fsp3) is 0.250. The first-order valence-corrected chi connectivity index (χ1v) is 10.9. The number of carbonyl (C=O) groups is 1. The van der Waals surface area contributed by atoms with Crippen LogP contribution in [0.5, 0.6) is 0 Å². The van der Waals surface area contributed by atoms with Crippen LogP contribution in [-0.4, -0.2) is 61.9 Å². The van der Waals surface area contributed by atoms with Crippen molar-refractivity contribution in [1.29, 1.82) is 0 Å². The van der Waals surface area contributed by atoms with E-state index in [4.69, 9.17) is 0 Å². The zero-order chi connectivity index (χ0) is 22.8. The molecule has 33 heavy (non-hydrogen) atoms. The van der Waals surface area contributed by atoms with Crippen LogP contribution in [0.15, 0.2) is 55.0 Å². The van der Waals surface area contributed by atoms with E-state index < -0.39 is 0 Å². The molecule has 0 atom stereocenters. The molecule has 0 saturated carbocycles. The number of fused-ring (bicyclic) bond motifs is 1. The standard InChI is InChI=1S/C24H24N8O/c1-16-5-6-27-21(13-16)30-22-15-23(29-17(2)28-22)31-9-11-32(12-10-31)24(33)18-3-4-19-20(14-18)26-8-7-25-19/h3-8,13-15H,9-12H2,1-2H3,(H,27,28,29,30). The number of piperazine rings is 1. The maximum atomic E-state index is 13.0. The number of amides is 1. The Morgan fingerprint density at radius 2 is 1.61 bits per heavy atom. The molecule has 1 aliphatic heterocycles. The summed E-state index contributed by atoms with van der Waals surface area (Å²) in [4.78, 5) is 39.1. The summed E-state index contributed by atoms with van der Waals surface area (Å²) in [6.45, 7) is 6.51. The van der Waals surface area contributed by atoms with Crippen LogP contribution in [0.3, 0.4) is 0 Å². The zero-order valence-corrected chi connectivity index (χ0v) is 18.6. The molecular weight excluding hydrogens is 416 g/mol. The van der Waals surface area contributed by atoms with Crippen LogP contribution < -0.4 is 10.2 Å². The monoisotopic (exact) mass is 440 g/mol. The maximum Gasteiger partial charge on any atom is 0.254 e. The lowest BCUT2D eigenvalue weighted by atomic mass is 10.1. The molecule has 5 rings (SSSR count). The second-order valence-electron chi connectivity index (χ2n) is 8.04. The van der Waals surface area contributed by atoms with Gasteiger partial charge in [0, 0.05) is 56.4 Å². The molecule has 4 heterocycles. The van der Waals surface area contributed by atoms with Crippen molar-refractivity contribution >= 4 is 34.4 Å². The molecule has 1 amide bonds. The Kier molecular flexibility index (Phi) is 5.52. The molecule has 0 bridgehead atoms. The highest BCUT2D eigenvalue weighted by Gasteiger charge is 2.24. The lowest BCUT2D eigenvalue weighted by molar-refractivity contribution is 0.0746. The smallest absolute Gasteiger partial charge is 0.254 e. The summed E-state index contributed by atoms with van der Waals surface area (Å²) < 4.78 is 0. The molecule has 9 nitrogen and oxygen atoms in total. The highest BCUT2D eigenvalue weighted by molar-refractivity contribution is 5.97. The number of nitrogens with zero attached hydrogens (tertiary/aromatic N) is 7. The topological polar surface area (TPSA) is 100 Å². The van der Waals surface area contributed by atoms with Crippen molar-refractivity contribution in [1.82, 2.24) is 29.8 Å². The minimum absolute atomic E-state index is 0.00829. The fourth-order valence-electron chi connectivity index (χ4n) is 3.93. The maximum absolute atomic E-state index is 13.0. The number of nitrogens with one attached hydrogen (secondary N) is 1. The summed E-state index contributed by atoms with van der Waals surface area (Å²) in [5.41, 5.74) is 3.26. The molecule has 0 aliphatic carbocycles. The van der Waals surface area contributed by atoms with Gasteiger partial charge in [0.15, 0.2) is 0 Å². The van der Waals surface area contributed by atoms with E-state index in [0.29, 0.717) is 43.4 Å². The Morgan fingerprint density at radius 3 is 2.39 bits per heavy atom. The molecule has 1 N–H and O–H groups in total. The number of aryl methyl sites for hydroxylation is 2. The van der Waals surface area contributed by atoms with Gasteiger partial charge in [0.05, 0.1) is 11.0 Å². The van der Waals surface area contributed by atoms with E-state index in [9.17, 15) is 4.79 Å². The number of hydrogen-bond acceptors (Lipinski definition) is 8. The minimum atomic E-state index is 0.00829. The van der Waals surface area contributed by atoms with Gasteiger partial charge in [-0.05, 0) is 49.7 Å². The summed E-state index contributed by atoms with van der Waals surface area (Å²) >= 11 is 0. The highest BCUT2D eigenvalue weighted by Crippen LogP contribution is 2.21. The molecule has 0 unspecified atom stereocenters. The third-order valence-corrected chi connectivity index (χ3v) is 5.60. The summed E-state index contributed by atoms with van der Waals surface area (Å²) in [5, 5.41) is 3.26. The van der Waals surface area contributed by atoms with Gasteiger partial charge < -0.3 is 15.1 Å². The lowest BCUT2D eigenvalue weighted by Crippen LogP contribution is -2.49. The second-order valence-corrected chi connectivity index (χ2v) is 8.04. The number of rotatable bonds is 4. The Hall–Kier alpha value is -4.14. The molecule has 1 fully saturated rings. The number of aromatic nitrogens is 5. The van der Waals surface area contributed by atoms with Crippen LogP contribution in [0.1, 0.15) is 21.7 Å². The molecule has 0 spiro atoms. The number of carbonyl (C=O) groups excluding carboxylic acids is 1. The van der Waals surface area contributed by atoms with E-state index in [1.54, 1.807) is 18.6 Å². The quantitative estimate of drug-likeness (QED) is 0.517. The summed E-state index contributed by atoms with van der Waals surface area (Å²) in [6, 6.07) is 11.3. The molecule has 3 aromatic heterocycles. The van der Waals surface area contributed by atoms with Crippen molar-refractivity contribution in [2.24, 2.45) is 0 Å². The van der Waals surface area contributed by atoms with E-state index in [-0.39, 0.29) is 5.91 Å².